The molecule has 70 valence electrons. The van der Waals surface area contributed by atoms with Gasteiger partial charge in [-0.1, -0.05) is 0 Å². The number of nitrogens with zero attached hydrogens (tertiary/aromatic N) is 1. The molecule has 2 rings (SSSR count). The van der Waals surface area contributed by atoms with Gasteiger partial charge in [-0.15, -0.1) is 11.3 Å². The molecule has 0 radical (unpaired) electrons. The summed E-state index contributed by atoms with van der Waals surface area (Å²) in [5, 5.41) is 2.10. The average Bonchev–Trinajstić information content (AvgIpc) is 2.63. The van der Waals surface area contributed by atoms with E-state index in [9.17, 15) is 4.79 Å². The van der Waals surface area contributed by atoms with E-state index in [1.807, 2.05) is 4.90 Å². The van der Waals surface area contributed by atoms with Gasteiger partial charge in [-0.3, -0.25) is 4.79 Å². The van der Waals surface area contributed by atoms with Crippen LogP contribution in [0.3, 0.4) is 0 Å². The second-order valence-corrected chi connectivity index (χ2v) is 4.41. The van der Waals surface area contributed by atoms with Gasteiger partial charge in [0, 0.05) is 18.0 Å². The molecule has 1 aromatic heterocycles. The number of fused-ring (bicyclic) bond motifs is 1. The van der Waals surface area contributed by atoms with Crippen molar-refractivity contribution in [2.24, 2.45) is 0 Å². The van der Waals surface area contributed by atoms with Crippen LogP contribution in [0.2, 0.25) is 0 Å². The summed E-state index contributed by atoms with van der Waals surface area (Å²) < 4.78 is 0. The number of amides is 1. The minimum atomic E-state index is 0.139. The molecule has 1 amide bonds. The molecule has 1 aromatic rings. The minimum absolute atomic E-state index is 0.139. The van der Waals surface area contributed by atoms with Gasteiger partial charge >= 0.3 is 0 Å². The minimum Gasteiger partial charge on any atom is -0.337 e. The van der Waals surface area contributed by atoms with E-state index in [1.54, 1.807) is 11.3 Å². The summed E-state index contributed by atoms with van der Waals surface area (Å²) in [7, 11) is 0. The summed E-state index contributed by atoms with van der Waals surface area (Å²) >= 11 is 5.78. The van der Waals surface area contributed by atoms with Crippen LogP contribution in [0.15, 0.2) is 11.4 Å². The number of rotatable bonds is 1. The van der Waals surface area contributed by atoms with Crippen LogP contribution >= 0.6 is 24.0 Å². The highest BCUT2D eigenvalue weighted by molar-refractivity contribution is 7.81. The lowest BCUT2D eigenvalue weighted by atomic mass is 10.1. The second kappa shape index (κ2) is 3.72. The van der Waals surface area contributed by atoms with Crippen LogP contribution in [0, 0.1) is 0 Å². The van der Waals surface area contributed by atoms with Crippen molar-refractivity contribution in [1.82, 2.24) is 4.90 Å². The number of hydrogen-bond donors (Lipinski definition) is 1. The summed E-state index contributed by atoms with van der Waals surface area (Å²) in [6.07, 6.45) is 1.01. The summed E-state index contributed by atoms with van der Waals surface area (Å²) in [5.74, 6) is 0.458. The van der Waals surface area contributed by atoms with E-state index in [-0.39, 0.29) is 5.91 Å². The van der Waals surface area contributed by atoms with Crippen molar-refractivity contribution in [2.75, 3.05) is 12.3 Å². The highest BCUT2D eigenvalue weighted by Gasteiger charge is 2.19. The first-order valence-corrected chi connectivity index (χ1v) is 5.76. The normalized spacial score (nSPS) is 15.6. The lowest BCUT2D eigenvalue weighted by Gasteiger charge is -2.26. The van der Waals surface area contributed by atoms with E-state index in [0.717, 1.165) is 19.5 Å². The smallest absolute Gasteiger partial charge is 0.232 e. The van der Waals surface area contributed by atoms with Crippen molar-refractivity contribution >= 4 is 29.9 Å². The molecule has 0 saturated carbocycles. The predicted octanol–water partition coefficient (Wildman–Crippen LogP) is 1.56. The Balaban J connectivity index is 2.13. The van der Waals surface area contributed by atoms with Crippen LogP contribution in [0.25, 0.3) is 0 Å². The monoisotopic (exact) mass is 213 g/mol. The number of thiophene rings is 1. The third-order valence-corrected chi connectivity index (χ3v) is 3.59. The van der Waals surface area contributed by atoms with Crippen molar-refractivity contribution in [3.05, 3.63) is 21.9 Å². The van der Waals surface area contributed by atoms with Gasteiger partial charge in [0.2, 0.25) is 5.91 Å². The number of carbonyl (C=O) groups is 1. The molecular formula is C9H11NOS2. The molecule has 0 unspecified atom stereocenters. The maximum atomic E-state index is 11.4. The zero-order chi connectivity index (χ0) is 9.26. The maximum absolute atomic E-state index is 11.4. The van der Waals surface area contributed by atoms with E-state index in [2.05, 4.69) is 24.1 Å². The third kappa shape index (κ3) is 1.74. The Hall–Kier alpha value is -0.480. The zero-order valence-electron chi connectivity index (χ0n) is 7.19. The second-order valence-electron chi connectivity index (χ2n) is 3.09. The molecule has 0 N–H and O–H groups in total. The standard InChI is InChI=1S/C9H11NOS2/c11-9(6-12)10-3-1-8-7(5-10)2-4-13-8/h2,4,12H,1,3,5-6H2. The third-order valence-electron chi connectivity index (χ3n) is 2.30. The SMILES string of the molecule is O=C(CS)N1CCc2sccc2C1. The largest absolute Gasteiger partial charge is 0.337 e. The highest BCUT2D eigenvalue weighted by Crippen LogP contribution is 2.23. The molecule has 13 heavy (non-hydrogen) atoms. The lowest BCUT2D eigenvalue weighted by Crippen LogP contribution is -2.36. The van der Waals surface area contributed by atoms with Crippen molar-refractivity contribution in [1.29, 1.82) is 0 Å². The molecule has 1 aliphatic heterocycles. The van der Waals surface area contributed by atoms with Crippen molar-refractivity contribution < 1.29 is 4.79 Å². The van der Waals surface area contributed by atoms with E-state index >= 15 is 0 Å². The van der Waals surface area contributed by atoms with Gasteiger partial charge < -0.3 is 4.90 Å². The molecule has 0 bridgehead atoms. The van der Waals surface area contributed by atoms with E-state index in [0.29, 0.717) is 5.75 Å². The van der Waals surface area contributed by atoms with E-state index in [1.165, 1.54) is 10.4 Å². The van der Waals surface area contributed by atoms with Gasteiger partial charge in [0.05, 0.1) is 5.75 Å². The zero-order valence-corrected chi connectivity index (χ0v) is 8.90. The summed E-state index contributed by atoms with van der Waals surface area (Å²) in [4.78, 5) is 14.7. The van der Waals surface area contributed by atoms with Gasteiger partial charge in [-0.25, -0.2) is 0 Å². The summed E-state index contributed by atoms with van der Waals surface area (Å²) in [6.45, 7) is 1.63. The van der Waals surface area contributed by atoms with Gasteiger partial charge in [-0.2, -0.15) is 12.6 Å². The average molecular weight is 213 g/mol. The molecule has 2 heterocycles. The fraction of sp³-hybridized carbons (Fsp3) is 0.444. The van der Waals surface area contributed by atoms with Crippen LogP contribution in [0.4, 0.5) is 0 Å². The van der Waals surface area contributed by atoms with E-state index < -0.39 is 0 Å². The first-order chi connectivity index (χ1) is 6.31. The van der Waals surface area contributed by atoms with Crippen molar-refractivity contribution in [3.63, 3.8) is 0 Å². The molecule has 0 aliphatic carbocycles. The van der Waals surface area contributed by atoms with Crippen molar-refractivity contribution in [2.45, 2.75) is 13.0 Å². The Labute approximate surface area is 87.0 Å². The van der Waals surface area contributed by atoms with Crippen LogP contribution in [0.1, 0.15) is 10.4 Å². The highest BCUT2D eigenvalue weighted by atomic mass is 32.1. The number of carbonyl (C=O) groups excluding carboxylic acids is 1. The first kappa shape index (κ1) is 9.09. The van der Waals surface area contributed by atoms with Crippen LogP contribution < -0.4 is 0 Å². The molecule has 1 aliphatic rings. The Morgan fingerprint density at radius 1 is 1.69 bits per heavy atom. The first-order valence-electron chi connectivity index (χ1n) is 4.25. The Morgan fingerprint density at radius 2 is 2.54 bits per heavy atom. The number of hydrogen-bond acceptors (Lipinski definition) is 3. The van der Waals surface area contributed by atoms with E-state index in [4.69, 9.17) is 0 Å². The summed E-state index contributed by atoms with van der Waals surface area (Å²) in [5.41, 5.74) is 1.31. The van der Waals surface area contributed by atoms with Crippen LogP contribution in [0.5, 0.6) is 0 Å². The Kier molecular flexibility index (Phi) is 2.60. The van der Waals surface area contributed by atoms with Gasteiger partial charge in [0.25, 0.3) is 0 Å². The molecule has 0 aromatic carbocycles. The molecule has 0 spiro atoms. The van der Waals surface area contributed by atoms with Crippen LogP contribution in [-0.2, 0) is 17.8 Å². The maximum Gasteiger partial charge on any atom is 0.232 e. The topological polar surface area (TPSA) is 20.3 Å². The van der Waals surface area contributed by atoms with Crippen molar-refractivity contribution in [3.8, 4) is 0 Å². The Morgan fingerprint density at radius 3 is 3.31 bits per heavy atom. The molecule has 2 nitrogen and oxygen atoms in total. The molecular weight excluding hydrogens is 202 g/mol. The quantitative estimate of drug-likeness (QED) is 0.702. The fourth-order valence-corrected chi connectivity index (χ4v) is 2.65. The predicted molar refractivity (Wildman–Crippen MR) is 57.3 cm³/mol. The van der Waals surface area contributed by atoms with Gasteiger partial charge in [0.1, 0.15) is 0 Å². The lowest BCUT2D eigenvalue weighted by molar-refractivity contribution is -0.129. The number of thiol groups is 1. The molecule has 4 heteroatoms. The van der Waals surface area contributed by atoms with Gasteiger partial charge in [-0.05, 0) is 23.4 Å². The fourth-order valence-electron chi connectivity index (χ4n) is 1.56. The molecule has 0 atom stereocenters. The Bertz CT molecular complexity index is 321. The molecule has 0 saturated heterocycles. The molecule has 0 fully saturated rings. The summed E-state index contributed by atoms with van der Waals surface area (Å²) in [6, 6.07) is 2.11. The van der Waals surface area contributed by atoms with Gasteiger partial charge in [0.15, 0.2) is 0 Å². The van der Waals surface area contributed by atoms with Crippen LogP contribution in [-0.4, -0.2) is 23.1 Å².